The molecule has 2 aromatic rings. The molecular weight excluding hydrogens is 260 g/mol. The standard InChI is InChI=1S/C17H22N4/c18-15-6-7-16(14-5-1-8-19-17(14)15)21-11-3-10-20-9-2-4-13(20)12-21/h1,5-8,13H,2-4,9-12,18H2. The Balaban J connectivity index is 1.74. The van der Waals surface area contributed by atoms with Crippen LogP contribution in [0.5, 0.6) is 0 Å². The molecule has 1 aromatic carbocycles. The summed E-state index contributed by atoms with van der Waals surface area (Å²) < 4.78 is 0. The zero-order valence-electron chi connectivity index (χ0n) is 12.3. The van der Waals surface area contributed by atoms with Gasteiger partial charge in [0.1, 0.15) is 0 Å². The number of anilines is 2. The number of nitrogens with two attached hydrogens (primary N) is 1. The fourth-order valence-corrected chi connectivity index (χ4v) is 3.88. The highest BCUT2D eigenvalue weighted by Gasteiger charge is 2.29. The van der Waals surface area contributed by atoms with E-state index in [-0.39, 0.29) is 0 Å². The summed E-state index contributed by atoms with van der Waals surface area (Å²) in [4.78, 5) is 9.67. The van der Waals surface area contributed by atoms with E-state index in [1.165, 1.54) is 43.4 Å². The van der Waals surface area contributed by atoms with E-state index in [4.69, 9.17) is 5.73 Å². The summed E-state index contributed by atoms with van der Waals surface area (Å²) in [7, 11) is 0. The van der Waals surface area contributed by atoms with Gasteiger partial charge in [-0.1, -0.05) is 0 Å². The second kappa shape index (κ2) is 5.19. The van der Waals surface area contributed by atoms with Crippen molar-refractivity contribution in [2.24, 2.45) is 0 Å². The number of hydrogen-bond donors (Lipinski definition) is 1. The molecule has 1 aromatic heterocycles. The molecule has 0 saturated carbocycles. The topological polar surface area (TPSA) is 45.4 Å². The van der Waals surface area contributed by atoms with Crippen molar-refractivity contribution in [1.82, 2.24) is 9.88 Å². The Labute approximate surface area is 125 Å². The number of benzene rings is 1. The molecular formula is C17H22N4. The zero-order chi connectivity index (χ0) is 14.2. The van der Waals surface area contributed by atoms with E-state index in [0.29, 0.717) is 0 Å². The van der Waals surface area contributed by atoms with E-state index in [2.05, 4.69) is 26.9 Å². The van der Waals surface area contributed by atoms with Crippen molar-refractivity contribution < 1.29 is 0 Å². The average Bonchev–Trinajstić information content (AvgIpc) is 2.85. The van der Waals surface area contributed by atoms with Crippen LogP contribution >= 0.6 is 0 Å². The number of rotatable bonds is 1. The molecule has 0 radical (unpaired) electrons. The summed E-state index contributed by atoms with van der Waals surface area (Å²) in [6.45, 7) is 4.78. The van der Waals surface area contributed by atoms with E-state index >= 15 is 0 Å². The minimum atomic E-state index is 0.719. The highest BCUT2D eigenvalue weighted by atomic mass is 15.3. The van der Waals surface area contributed by atoms with Gasteiger partial charge in [0.2, 0.25) is 0 Å². The van der Waals surface area contributed by atoms with Crippen molar-refractivity contribution >= 4 is 22.3 Å². The van der Waals surface area contributed by atoms with Crippen LogP contribution in [0.4, 0.5) is 11.4 Å². The van der Waals surface area contributed by atoms with Crippen LogP contribution in [-0.4, -0.2) is 42.1 Å². The summed E-state index contributed by atoms with van der Waals surface area (Å²) in [5.41, 5.74) is 9.08. The van der Waals surface area contributed by atoms with Crippen LogP contribution in [0.15, 0.2) is 30.5 Å². The van der Waals surface area contributed by atoms with Crippen LogP contribution in [0.3, 0.4) is 0 Å². The number of nitrogens with zero attached hydrogens (tertiary/aromatic N) is 3. The van der Waals surface area contributed by atoms with E-state index in [0.717, 1.165) is 30.3 Å². The van der Waals surface area contributed by atoms with Gasteiger partial charge in [-0.2, -0.15) is 0 Å². The first-order chi connectivity index (χ1) is 10.3. The molecule has 1 unspecified atom stereocenters. The van der Waals surface area contributed by atoms with Crippen LogP contribution in [0.25, 0.3) is 10.9 Å². The molecule has 0 aliphatic carbocycles. The third kappa shape index (κ3) is 2.23. The Morgan fingerprint density at radius 3 is 2.95 bits per heavy atom. The lowest BCUT2D eigenvalue weighted by Crippen LogP contribution is -2.36. The first-order valence-corrected chi connectivity index (χ1v) is 7.95. The van der Waals surface area contributed by atoms with Crippen LogP contribution in [0, 0.1) is 0 Å². The molecule has 110 valence electrons. The van der Waals surface area contributed by atoms with Crippen molar-refractivity contribution in [2.45, 2.75) is 25.3 Å². The van der Waals surface area contributed by atoms with Crippen molar-refractivity contribution in [3.63, 3.8) is 0 Å². The van der Waals surface area contributed by atoms with Crippen molar-refractivity contribution in [2.75, 3.05) is 36.8 Å². The predicted molar refractivity (Wildman–Crippen MR) is 87.6 cm³/mol. The lowest BCUT2D eigenvalue weighted by Gasteiger charge is -2.28. The predicted octanol–water partition coefficient (Wildman–Crippen LogP) is 2.49. The van der Waals surface area contributed by atoms with Crippen LogP contribution in [0.1, 0.15) is 19.3 Å². The molecule has 2 saturated heterocycles. The SMILES string of the molecule is Nc1ccc(N2CCCN3CCCC3C2)c2cccnc12. The third-order valence-corrected chi connectivity index (χ3v) is 4.92. The van der Waals surface area contributed by atoms with Gasteiger partial charge in [-0.15, -0.1) is 0 Å². The van der Waals surface area contributed by atoms with Gasteiger partial charge in [-0.25, -0.2) is 0 Å². The van der Waals surface area contributed by atoms with Crippen LogP contribution < -0.4 is 10.6 Å². The Kier molecular flexibility index (Phi) is 3.19. The van der Waals surface area contributed by atoms with Crippen molar-refractivity contribution in [3.8, 4) is 0 Å². The van der Waals surface area contributed by atoms with Gasteiger partial charge in [0.15, 0.2) is 0 Å². The Morgan fingerprint density at radius 1 is 1.10 bits per heavy atom. The molecule has 2 aliphatic heterocycles. The quantitative estimate of drug-likeness (QED) is 0.816. The lowest BCUT2D eigenvalue weighted by atomic mass is 10.1. The maximum absolute atomic E-state index is 6.08. The maximum atomic E-state index is 6.08. The third-order valence-electron chi connectivity index (χ3n) is 4.92. The summed E-state index contributed by atoms with van der Waals surface area (Å²) in [6.07, 6.45) is 5.75. The van der Waals surface area contributed by atoms with Crippen molar-refractivity contribution in [1.29, 1.82) is 0 Å². The fraction of sp³-hybridized carbons (Fsp3) is 0.471. The molecule has 4 heteroatoms. The van der Waals surface area contributed by atoms with Gasteiger partial charge in [0, 0.05) is 42.9 Å². The monoisotopic (exact) mass is 282 g/mol. The van der Waals surface area contributed by atoms with Gasteiger partial charge >= 0.3 is 0 Å². The summed E-state index contributed by atoms with van der Waals surface area (Å²) in [6, 6.07) is 9.04. The van der Waals surface area contributed by atoms with Crippen LogP contribution in [-0.2, 0) is 0 Å². The maximum Gasteiger partial charge on any atom is 0.0951 e. The van der Waals surface area contributed by atoms with E-state index < -0.39 is 0 Å². The number of pyridine rings is 1. The largest absolute Gasteiger partial charge is 0.397 e. The molecule has 0 spiro atoms. The summed E-state index contributed by atoms with van der Waals surface area (Å²) in [5, 5.41) is 1.18. The molecule has 21 heavy (non-hydrogen) atoms. The Morgan fingerprint density at radius 2 is 2.00 bits per heavy atom. The Bertz CT molecular complexity index is 654. The first-order valence-electron chi connectivity index (χ1n) is 7.95. The van der Waals surface area contributed by atoms with E-state index in [1.807, 2.05) is 18.3 Å². The molecule has 4 rings (SSSR count). The number of aromatic nitrogens is 1. The first kappa shape index (κ1) is 12.9. The van der Waals surface area contributed by atoms with E-state index in [9.17, 15) is 0 Å². The number of hydrogen-bond acceptors (Lipinski definition) is 4. The molecule has 2 aliphatic rings. The minimum Gasteiger partial charge on any atom is -0.397 e. The second-order valence-corrected chi connectivity index (χ2v) is 6.21. The summed E-state index contributed by atoms with van der Waals surface area (Å²) in [5.74, 6) is 0. The lowest BCUT2D eigenvalue weighted by molar-refractivity contribution is 0.273. The van der Waals surface area contributed by atoms with Gasteiger partial charge in [-0.05, 0) is 50.1 Å². The summed E-state index contributed by atoms with van der Waals surface area (Å²) >= 11 is 0. The van der Waals surface area contributed by atoms with Gasteiger partial charge in [0.25, 0.3) is 0 Å². The van der Waals surface area contributed by atoms with Crippen molar-refractivity contribution in [3.05, 3.63) is 30.5 Å². The fourth-order valence-electron chi connectivity index (χ4n) is 3.88. The zero-order valence-corrected chi connectivity index (χ0v) is 12.3. The molecule has 0 amide bonds. The molecule has 2 N–H and O–H groups in total. The molecule has 0 bridgehead atoms. The van der Waals surface area contributed by atoms with Gasteiger partial charge in [0.05, 0.1) is 11.2 Å². The van der Waals surface area contributed by atoms with Gasteiger partial charge in [-0.3, -0.25) is 9.88 Å². The van der Waals surface area contributed by atoms with Crippen LogP contribution in [0.2, 0.25) is 0 Å². The number of fused-ring (bicyclic) bond motifs is 2. The second-order valence-electron chi connectivity index (χ2n) is 6.21. The molecule has 4 nitrogen and oxygen atoms in total. The molecule has 3 heterocycles. The minimum absolute atomic E-state index is 0.719. The number of nitrogen functional groups attached to an aromatic ring is 1. The molecule has 2 fully saturated rings. The molecule has 1 atom stereocenters. The van der Waals surface area contributed by atoms with Gasteiger partial charge < -0.3 is 10.6 Å². The average molecular weight is 282 g/mol. The van der Waals surface area contributed by atoms with E-state index in [1.54, 1.807) is 0 Å². The Hall–Kier alpha value is -1.81. The smallest absolute Gasteiger partial charge is 0.0951 e. The highest BCUT2D eigenvalue weighted by Crippen LogP contribution is 2.32. The normalized spacial score (nSPS) is 23.2. The highest BCUT2D eigenvalue weighted by molar-refractivity contribution is 5.98.